The first-order chi connectivity index (χ1) is 18.5. The molecule has 0 atom stereocenters. The van der Waals surface area contributed by atoms with Gasteiger partial charge in [0.1, 0.15) is 0 Å². The Morgan fingerprint density at radius 2 is 1.61 bits per heavy atom. The van der Waals surface area contributed by atoms with E-state index in [0.717, 1.165) is 25.7 Å². The molecule has 38 heavy (non-hydrogen) atoms. The van der Waals surface area contributed by atoms with E-state index in [9.17, 15) is 9.59 Å². The number of aryl methyl sites for hydroxylation is 1. The number of carbonyl (C=O) groups excluding carboxylic acids is 2. The van der Waals surface area contributed by atoms with E-state index < -0.39 is 0 Å². The molecule has 2 aromatic heterocycles. The standard InChI is InChI=1S/C26H23N7O2S3/c1-33-25(30-31-32-33)36-15-22(34)27-19-12-13-20-21(14-19)38-26(28-20)37-16-23(35)29-24(17-8-4-2-5-9-17)18-10-6-3-7-11-18/h2-14,24H,15-16H2,1H3,(H,27,34)(H,29,35). The van der Waals surface area contributed by atoms with Crippen LogP contribution in [0.15, 0.2) is 88.4 Å². The number of hydrogen-bond acceptors (Lipinski definition) is 9. The molecule has 3 aromatic carbocycles. The van der Waals surface area contributed by atoms with Crippen LogP contribution in [0, 0.1) is 0 Å². The van der Waals surface area contributed by atoms with Crippen LogP contribution in [0.3, 0.4) is 0 Å². The molecule has 2 heterocycles. The lowest BCUT2D eigenvalue weighted by molar-refractivity contribution is -0.119. The first-order valence-corrected chi connectivity index (χ1v) is 14.4. The van der Waals surface area contributed by atoms with Gasteiger partial charge in [-0.1, -0.05) is 84.2 Å². The Bertz CT molecular complexity index is 1500. The normalized spacial score (nSPS) is 11.1. The summed E-state index contributed by atoms with van der Waals surface area (Å²) in [5, 5.41) is 17.8. The quantitative estimate of drug-likeness (QED) is 0.239. The third-order valence-corrected chi connectivity index (χ3v) is 8.64. The molecule has 9 nitrogen and oxygen atoms in total. The SMILES string of the molecule is Cn1nnnc1SCC(=O)Nc1ccc2nc(SCC(=O)NC(c3ccccc3)c3ccccc3)sc2c1. The van der Waals surface area contributed by atoms with Gasteiger partial charge in [0.05, 0.1) is 27.8 Å². The molecule has 0 saturated carbocycles. The Morgan fingerprint density at radius 3 is 2.26 bits per heavy atom. The molecule has 2 amide bonds. The molecule has 0 unspecified atom stereocenters. The molecule has 0 fully saturated rings. The van der Waals surface area contributed by atoms with Crippen molar-refractivity contribution in [3.05, 3.63) is 90.0 Å². The van der Waals surface area contributed by atoms with Crippen LogP contribution in [0.25, 0.3) is 10.2 Å². The van der Waals surface area contributed by atoms with E-state index in [-0.39, 0.29) is 29.4 Å². The summed E-state index contributed by atoms with van der Waals surface area (Å²) in [5.74, 6) is 0.210. The summed E-state index contributed by atoms with van der Waals surface area (Å²) >= 11 is 4.15. The van der Waals surface area contributed by atoms with Gasteiger partial charge >= 0.3 is 0 Å². The van der Waals surface area contributed by atoms with Crippen LogP contribution >= 0.6 is 34.9 Å². The highest BCUT2D eigenvalue weighted by molar-refractivity contribution is 8.01. The molecule has 192 valence electrons. The maximum Gasteiger partial charge on any atom is 0.234 e. The first-order valence-electron chi connectivity index (χ1n) is 11.6. The molecule has 5 rings (SSSR count). The number of fused-ring (bicyclic) bond motifs is 1. The lowest BCUT2D eigenvalue weighted by Crippen LogP contribution is -2.30. The first kappa shape index (κ1) is 25.9. The van der Waals surface area contributed by atoms with Crippen LogP contribution in [-0.4, -0.2) is 48.5 Å². The fraction of sp³-hybridized carbons (Fsp3) is 0.154. The van der Waals surface area contributed by atoms with Crippen LogP contribution < -0.4 is 10.6 Å². The second-order valence-electron chi connectivity index (χ2n) is 8.19. The molecule has 0 aliphatic carbocycles. The Balaban J connectivity index is 1.19. The average Bonchev–Trinajstić information content (AvgIpc) is 3.55. The highest BCUT2D eigenvalue weighted by Gasteiger charge is 2.17. The number of carbonyl (C=O) groups is 2. The summed E-state index contributed by atoms with van der Waals surface area (Å²) < 4.78 is 3.24. The monoisotopic (exact) mass is 561 g/mol. The van der Waals surface area contributed by atoms with Gasteiger partial charge in [0.2, 0.25) is 17.0 Å². The predicted octanol–water partition coefficient (Wildman–Crippen LogP) is 4.55. The van der Waals surface area contributed by atoms with Gasteiger partial charge in [0.25, 0.3) is 0 Å². The number of aromatic nitrogens is 5. The van der Waals surface area contributed by atoms with E-state index in [2.05, 4.69) is 31.1 Å². The predicted molar refractivity (Wildman–Crippen MR) is 151 cm³/mol. The minimum absolute atomic E-state index is 0.0736. The zero-order valence-electron chi connectivity index (χ0n) is 20.3. The zero-order chi connectivity index (χ0) is 26.3. The zero-order valence-corrected chi connectivity index (χ0v) is 22.7. The number of amides is 2. The van der Waals surface area contributed by atoms with Gasteiger partial charge in [-0.3, -0.25) is 9.59 Å². The van der Waals surface area contributed by atoms with Gasteiger partial charge in [-0.2, -0.15) is 0 Å². The Kier molecular flexibility index (Phi) is 8.31. The number of hydrogen-bond donors (Lipinski definition) is 2. The van der Waals surface area contributed by atoms with Crippen LogP contribution in [0.5, 0.6) is 0 Å². The summed E-state index contributed by atoms with van der Waals surface area (Å²) in [7, 11) is 1.72. The van der Waals surface area contributed by atoms with E-state index in [1.54, 1.807) is 7.05 Å². The van der Waals surface area contributed by atoms with Gasteiger partial charge < -0.3 is 10.6 Å². The molecule has 2 N–H and O–H groups in total. The Hall–Kier alpha value is -3.74. The molecular weight excluding hydrogens is 539 g/mol. The van der Waals surface area contributed by atoms with E-state index >= 15 is 0 Å². The van der Waals surface area contributed by atoms with Gasteiger partial charge in [0, 0.05) is 12.7 Å². The summed E-state index contributed by atoms with van der Waals surface area (Å²) in [5.41, 5.74) is 3.56. The second-order valence-corrected chi connectivity index (χ2v) is 11.4. The maximum absolute atomic E-state index is 12.9. The van der Waals surface area contributed by atoms with Crippen LogP contribution in [-0.2, 0) is 16.6 Å². The summed E-state index contributed by atoms with van der Waals surface area (Å²) in [6.45, 7) is 0. The van der Waals surface area contributed by atoms with Crippen molar-refractivity contribution in [1.29, 1.82) is 0 Å². The van der Waals surface area contributed by atoms with E-state index in [4.69, 9.17) is 0 Å². The average molecular weight is 562 g/mol. The number of nitrogens with one attached hydrogen (secondary N) is 2. The Morgan fingerprint density at radius 1 is 0.921 bits per heavy atom. The summed E-state index contributed by atoms with van der Waals surface area (Å²) in [6, 6.07) is 25.2. The number of benzene rings is 3. The van der Waals surface area contributed by atoms with Gasteiger partial charge in [-0.25, -0.2) is 9.67 Å². The molecule has 5 aromatic rings. The number of thiazole rings is 1. The minimum atomic E-state index is -0.227. The molecule has 0 aliphatic heterocycles. The van der Waals surface area contributed by atoms with E-state index in [1.165, 1.54) is 39.5 Å². The molecule has 0 saturated heterocycles. The van der Waals surface area contributed by atoms with Crippen molar-refractivity contribution < 1.29 is 9.59 Å². The van der Waals surface area contributed by atoms with Crippen LogP contribution in [0.1, 0.15) is 17.2 Å². The van der Waals surface area contributed by atoms with Gasteiger partial charge in [0.15, 0.2) is 4.34 Å². The summed E-state index contributed by atoms with van der Waals surface area (Å²) in [4.78, 5) is 29.9. The second kappa shape index (κ2) is 12.2. The van der Waals surface area contributed by atoms with Crippen LogP contribution in [0.2, 0.25) is 0 Å². The number of anilines is 1. The smallest absolute Gasteiger partial charge is 0.234 e. The van der Waals surface area contributed by atoms with Crippen molar-refractivity contribution in [2.24, 2.45) is 7.05 Å². The molecule has 12 heteroatoms. The van der Waals surface area contributed by atoms with Gasteiger partial charge in [-0.05, 0) is 39.8 Å². The van der Waals surface area contributed by atoms with Crippen molar-refractivity contribution in [3.63, 3.8) is 0 Å². The van der Waals surface area contributed by atoms with Crippen molar-refractivity contribution in [2.75, 3.05) is 16.8 Å². The number of rotatable bonds is 10. The third kappa shape index (κ3) is 6.57. The topological polar surface area (TPSA) is 115 Å². The van der Waals surface area contributed by atoms with Crippen LogP contribution in [0.4, 0.5) is 5.69 Å². The van der Waals surface area contributed by atoms with Crippen molar-refractivity contribution in [3.8, 4) is 0 Å². The Labute approximate surface area is 231 Å². The fourth-order valence-electron chi connectivity index (χ4n) is 3.69. The third-order valence-electron chi connectivity index (χ3n) is 5.46. The van der Waals surface area contributed by atoms with Crippen molar-refractivity contribution in [1.82, 2.24) is 30.5 Å². The molecule has 0 spiro atoms. The maximum atomic E-state index is 12.9. The van der Waals surface area contributed by atoms with Crippen molar-refractivity contribution >= 4 is 62.6 Å². The molecule has 0 radical (unpaired) electrons. The largest absolute Gasteiger partial charge is 0.344 e. The number of nitrogens with zero attached hydrogens (tertiary/aromatic N) is 5. The molecule has 0 bridgehead atoms. The van der Waals surface area contributed by atoms with E-state index in [1.807, 2.05) is 78.9 Å². The fourth-order valence-corrected chi connectivity index (χ4v) is 6.26. The molecule has 0 aliphatic rings. The minimum Gasteiger partial charge on any atom is -0.344 e. The lowest BCUT2D eigenvalue weighted by atomic mass is 9.99. The lowest BCUT2D eigenvalue weighted by Gasteiger charge is -2.19. The highest BCUT2D eigenvalue weighted by Crippen LogP contribution is 2.31. The summed E-state index contributed by atoms with van der Waals surface area (Å²) in [6.07, 6.45) is 0. The highest BCUT2D eigenvalue weighted by atomic mass is 32.2. The number of tetrazole rings is 1. The van der Waals surface area contributed by atoms with Gasteiger partial charge in [-0.15, -0.1) is 16.4 Å². The van der Waals surface area contributed by atoms with E-state index in [0.29, 0.717) is 10.8 Å². The number of thioether (sulfide) groups is 2. The van der Waals surface area contributed by atoms with Crippen molar-refractivity contribution in [2.45, 2.75) is 15.5 Å². The molecular formula is C26H23N7O2S3.